The summed E-state index contributed by atoms with van der Waals surface area (Å²) in [7, 11) is 0. The molecule has 0 aliphatic rings. The van der Waals surface area contributed by atoms with Crippen LogP contribution in [-0.4, -0.2) is 24.0 Å². The minimum Gasteiger partial charge on any atom is -0.336 e. The van der Waals surface area contributed by atoms with E-state index in [-0.39, 0.29) is 29.0 Å². The Balaban J connectivity index is 1.79. The number of aromatic nitrogens is 4. The van der Waals surface area contributed by atoms with Crippen LogP contribution < -0.4 is 11.2 Å². The number of hydrogen-bond donors (Lipinski definition) is 1. The third-order valence-electron chi connectivity index (χ3n) is 5.45. The molecule has 0 fully saturated rings. The molecule has 1 N–H and O–H groups in total. The Morgan fingerprint density at radius 3 is 2.48 bits per heavy atom. The third kappa shape index (κ3) is 4.45. The molecule has 2 aromatic heterocycles. The number of rotatable bonds is 8. The first-order chi connectivity index (χ1) is 15.9. The molecule has 0 amide bonds. The number of aryl methyl sites for hydroxylation is 1. The number of nitrogens with zero attached hydrogens (tertiary/aromatic N) is 4. The van der Waals surface area contributed by atoms with Crippen molar-refractivity contribution in [1.29, 1.82) is 0 Å². The van der Waals surface area contributed by atoms with E-state index < -0.39 is 22.0 Å². The lowest BCUT2D eigenvalue weighted by molar-refractivity contribution is -0.384. The van der Waals surface area contributed by atoms with Gasteiger partial charge in [-0.1, -0.05) is 43.7 Å². The highest BCUT2D eigenvalue weighted by molar-refractivity contribution is 5.70. The summed E-state index contributed by atoms with van der Waals surface area (Å²) >= 11 is 0. The van der Waals surface area contributed by atoms with Crippen LogP contribution in [0.2, 0.25) is 0 Å². The zero-order valence-corrected chi connectivity index (χ0v) is 18.0. The largest absolute Gasteiger partial charge is 0.336 e. The van der Waals surface area contributed by atoms with Crippen LogP contribution in [0.4, 0.5) is 10.1 Å². The molecule has 4 rings (SSSR count). The number of nitrogens with one attached hydrogen (secondary N) is 1. The second kappa shape index (κ2) is 9.19. The summed E-state index contributed by atoms with van der Waals surface area (Å²) in [5.74, 6) is -0.0447. The molecule has 0 radical (unpaired) electrons. The molecule has 0 aliphatic heterocycles. The van der Waals surface area contributed by atoms with Crippen molar-refractivity contribution in [3.63, 3.8) is 0 Å². The molecule has 10 heteroatoms. The summed E-state index contributed by atoms with van der Waals surface area (Å²) in [6.45, 7) is 2.16. The fraction of sp³-hybridized carbons (Fsp3) is 0.261. The van der Waals surface area contributed by atoms with Crippen molar-refractivity contribution in [3.8, 4) is 0 Å². The zero-order chi connectivity index (χ0) is 23.5. The number of unbranched alkanes of at least 4 members (excludes halogenated alkanes) is 1. The normalized spacial score (nSPS) is 11.2. The molecular formula is C23H22FN5O4. The van der Waals surface area contributed by atoms with Gasteiger partial charge in [0.2, 0.25) is 0 Å². The third-order valence-corrected chi connectivity index (χ3v) is 5.45. The first-order valence-electron chi connectivity index (χ1n) is 10.6. The van der Waals surface area contributed by atoms with Gasteiger partial charge in [-0.25, -0.2) is 14.2 Å². The predicted octanol–water partition coefficient (Wildman–Crippen LogP) is 3.37. The summed E-state index contributed by atoms with van der Waals surface area (Å²) in [5, 5.41) is 10.9. The molecule has 0 saturated heterocycles. The molecule has 2 aromatic carbocycles. The molecule has 33 heavy (non-hydrogen) atoms. The van der Waals surface area contributed by atoms with Gasteiger partial charge in [-0.15, -0.1) is 0 Å². The smallest absolute Gasteiger partial charge is 0.333 e. The molecule has 2 heterocycles. The minimum absolute atomic E-state index is 0.0206. The number of non-ortho nitro benzene ring substituents is 1. The number of nitro benzene ring substituents is 1. The van der Waals surface area contributed by atoms with Gasteiger partial charge in [0, 0.05) is 30.7 Å². The van der Waals surface area contributed by atoms with E-state index >= 15 is 0 Å². The quantitative estimate of drug-likeness (QED) is 0.326. The topological polar surface area (TPSA) is 116 Å². The lowest BCUT2D eigenvalue weighted by Crippen LogP contribution is -2.40. The Bertz CT molecular complexity index is 1440. The minimum atomic E-state index is -0.576. The van der Waals surface area contributed by atoms with Crippen molar-refractivity contribution in [2.75, 3.05) is 0 Å². The second-order valence-electron chi connectivity index (χ2n) is 7.75. The standard InChI is InChI=1S/C23H22FN5O4/c1-2-3-12-27-21-20(22(30)28(23(27)31)14-16-6-4-5-7-18(16)24)25-19(26-21)13-15-8-10-17(11-9-15)29(32)33/h4-11H,2-3,12-14H2,1H3,(H,25,26). The summed E-state index contributed by atoms with van der Waals surface area (Å²) in [6.07, 6.45) is 1.83. The van der Waals surface area contributed by atoms with Crippen molar-refractivity contribution >= 4 is 16.9 Å². The Labute approximate surface area is 187 Å². The number of aromatic amines is 1. The van der Waals surface area contributed by atoms with Gasteiger partial charge in [0.05, 0.1) is 11.5 Å². The number of H-pyrrole nitrogens is 1. The number of fused-ring (bicyclic) bond motifs is 1. The fourth-order valence-electron chi connectivity index (χ4n) is 3.68. The molecule has 170 valence electrons. The van der Waals surface area contributed by atoms with E-state index in [9.17, 15) is 24.1 Å². The Hall–Kier alpha value is -4.08. The van der Waals surface area contributed by atoms with Crippen molar-refractivity contribution in [2.45, 2.75) is 39.3 Å². The molecule has 0 atom stereocenters. The number of halogens is 1. The summed E-state index contributed by atoms with van der Waals surface area (Å²) in [5.41, 5.74) is 0.274. The SMILES string of the molecule is CCCCn1c(=O)n(Cc2ccccc2F)c(=O)c2[nH]c(Cc3ccc([N+](=O)[O-])cc3)nc21. The van der Waals surface area contributed by atoms with E-state index in [4.69, 9.17) is 0 Å². The van der Waals surface area contributed by atoms with Crippen LogP contribution in [0, 0.1) is 15.9 Å². The lowest BCUT2D eigenvalue weighted by Gasteiger charge is -2.11. The van der Waals surface area contributed by atoms with E-state index in [1.54, 1.807) is 24.3 Å². The molecule has 4 aromatic rings. The Morgan fingerprint density at radius 1 is 1.09 bits per heavy atom. The van der Waals surface area contributed by atoms with E-state index in [1.807, 2.05) is 6.92 Å². The molecule has 9 nitrogen and oxygen atoms in total. The first kappa shape index (κ1) is 22.1. The molecule has 0 unspecified atom stereocenters. The van der Waals surface area contributed by atoms with E-state index in [1.165, 1.54) is 28.8 Å². The van der Waals surface area contributed by atoms with Gasteiger partial charge in [0.1, 0.15) is 17.2 Å². The molecule has 0 spiro atoms. The zero-order valence-electron chi connectivity index (χ0n) is 18.0. The van der Waals surface area contributed by atoms with E-state index in [0.717, 1.165) is 16.6 Å². The summed E-state index contributed by atoms with van der Waals surface area (Å²) < 4.78 is 16.7. The number of hydrogen-bond acceptors (Lipinski definition) is 5. The van der Waals surface area contributed by atoms with Crippen molar-refractivity contribution in [3.05, 3.63) is 102 Å². The molecule has 0 saturated carbocycles. The van der Waals surface area contributed by atoms with E-state index in [0.29, 0.717) is 25.2 Å². The van der Waals surface area contributed by atoms with E-state index in [2.05, 4.69) is 9.97 Å². The lowest BCUT2D eigenvalue weighted by atomic mass is 10.1. The maximum atomic E-state index is 14.2. The number of nitro groups is 1. The molecule has 0 bridgehead atoms. The van der Waals surface area contributed by atoms with Gasteiger partial charge < -0.3 is 4.98 Å². The average Bonchev–Trinajstić information content (AvgIpc) is 3.22. The second-order valence-corrected chi connectivity index (χ2v) is 7.75. The highest BCUT2D eigenvalue weighted by Gasteiger charge is 2.18. The van der Waals surface area contributed by atoms with Crippen LogP contribution in [-0.2, 0) is 19.5 Å². The summed E-state index contributed by atoms with van der Waals surface area (Å²) in [6, 6.07) is 12.0. The van der Waals surface area contributed by atoms with Gasteiger partial charge in [-0.05, 0) is 18.1 Å². The monoisotopic (exact) mass is 451 g/mol. The Morgan fingerprint density at radius 2 is 1.82 bits per heavy atom. The number of imidazole rings is 1. The van der Waals surface area contributed by atoms with Crippen molar-refractivity contribution in [2.24, 2.45) is 0 Å². The maximum absolute atomic E-state index is 14.2. The van der Waals surface area contributed by atoms with Crippen LogP contribution >= 0.6 is 0 Å². The number of benzene rings is 2. The maximum Gasteiger partial charge on any atom is 0.333 e. The fourth-order valence-corrected chi connectivity index (χ4v) is 3.68. The first-order valence-corrected chi connectivity index (χ1v) is 10.6. The van der Waals surface area contributed by atoms with Crippen LogP contribution in [0.5, 0.6) is 0 Å². The highest BCUT2D eigenvalue weighted by Crippen LogP contribution is 2.16. The van der Waals surface area contributed by atoms with Crippen LogP contribution in [0.1, 0.15) is 36.7 Å². The molecular weight excluding hydrogens is 429 g/mol. The van der Waals surface area contributed by atoms with Gasteiger partial charge in [0.15, 0.2) is 5.65 Å². The van der Waals surface area contributed by atoms with Crippen LogP contribution in [0.3, 0.4) is 0 Å². The van der Waals surface area contributed by atoms with Crippen molar-refractivity contribution in [1.82, 2.24) is 19.1 Å². The highest BCUT2D eigenvalue weighted by atomic mass is 19.1. The van der Waals surface area contributed by atoms with Gasteiger partial charge in [-0.3, -0.25) is 24.0 Å². The van der Waals surface area contributed by atoms with Gasteiger partial charge >= 0.3 is 5.69 Å². The van der Waals surface area contributed by atoms with Crippen LogP contribution in [0.15, 0.2) is 58.1 Å². The van der Waals surface area contributed by atoms with Crippen molar-refractivity contribution < 1.29 is 9.31 Å². The Kier molecular flexibility index (Phi) is 6.16. The molecule has 0 aliphatic carbocycles. The predicted molar refractivity (Wildman–Crippen MR) is 121 cm³/mol. The van der Waals surface area contributed by atoms with Gasteiger partial charge in [0.25, 0.3) is 11.2 Å². The average molecular weight is 451 g/mol. The van der Waals surface area contributed by atoms with Gasteiger partial charge in [-0.2, -0.15) is 0 Å². The summed E-state index contributed by atoms with van der Waals surface area (Å²) in [4.78, 5) is 44.2. The van der Waals surface area contributed by atoms with Crippen LogP contribution in [0.25, 0.3) is 11.2 Å².